The number of pyridine rings is 1. The Morgan fingerprint density at radius 1 is 1.04 bits per heavy atom. The Hall–Kier alpha value is -3.05. The van der Waals surface area contributed by atoms with Crippen LogP contribution in [0.1, 0.15) is 24.9 Å². The van der Waals surface area contributed by atoms with E-state index >= 15 is 0 Å². The van der Waals surface area contributed by atoms with E-state index in [2.05, 4.69) is 20.3 Å². The van der Waals surface area contributed by atoms with Gasteiger partial charge in [-0.3, -0.25) is 4.98 Å². The smallest absolute Gasteiger partial charge is 0.128 e. The van der Waals surface area contributed by atoms with Crippen molar-refractivity contribution in [2.75, 3.05) is 5.32 Å². The van der Waals surface area contributed by atoms with E-state index in [1.54, 1.807) is 24.7 Å². The van der Waals surface area contributed by atoms with Gasteiger partial charge in [-0.15, -0.1) is 0 Å². The summed E-state index contributed by atoms with van der Waals surface area (Å²) in [5, 5.41) is 4.84. The van der Waals surface area contributed by atoms with Crippen molar-refractivity contribution in [1.29, 1.82) is 0 Å². The molecule has 0 spiro atoms. The molecule has 4 nitrogen and oxygen atoms in total. The number of fused-ring (bicyclic) bond motifs is 1. The third-order valence-electron chi connectivity index (χ3n) is 4.72. The van der Waals surface area contributed by atoms with Gasteiger partial charge in [-0.2, -0.15) is 0 Å². The summed E-state index contributed by atoms with van der Waals surface area (Å²) in [6.45, 7) is 2.01. The Balaban J connectivity index is 1.76. The van der Waals surface area contributed by atoms with Gasteiger partial charge < -0.3 is 5.32 Å². The van der Waals surface area contributed by atoms with Crippen LogP contribution in [0, 0.1) is 5.82 Å². The molecule has 0 fully saturated rings. The third kappa shape index (κ3) is 3.53. The van der Waals surface area contributed by atoms with Crippen LogP contribution in [0.5, 0.6) is 0 Å². The molecule has 1 atom stereocenters. The van der Waals surface area contributed by atoms with Crippen molar-refractivity contribution in [3.05, 3.63) is 83.8 Å². The molecule has 0 amide bonds. The predicted molar refractivity (Wildman–Crippen MR) is 111 cm³/mol. The van der Waals surface area contributed by atoms with Crippen LogP contribution in [0.2, 0.25) is 5.02 Å². The number of nitrogens with one attached hydrogen (secondary N) is 1. The highest BCUT2D eigenvalue weighted by Crippen LogP contribution is 2.35. The maximum absolute atomic E-state index is 14.7. The van der Waals surface area contributed by atoms with E-state index in [1.807, 2.05) is 37.3 Å². The summed E-state index contributed by atoms with van der Waals surface area (Å²) in [5.41, 5.74) is 3.86. The topological polar surface area (TPSA) is 50.7 Å². The fraction of sp³-hybridized carbons (Fsp3) is 0.136. The quantitative estimate of drug-likeness (QED) is 0.449. The van der Waals surface area contributed by atoms with Gasteiger partial charge in [-0.25, -0.2) is 14.4 Å². The molecule has 0 bridgehead atoms. The Bertz CT molecular complexity index is 1120. The standard InChI is InChI=1S/C22H18ClFN4/c1-2-20(28-22-16-5-3-4-6-21(16)27-12-18(22)23)17-9-14(7-8-19(17)24)15-10-25-13-26-11-15/h3-13,20H,2H2,1H3,(H,27,28)/t20-/m1/s1. The highest BCUT2D eigenvalue weighted by molar-refractivity contribution is 6.34. The van der Waals surface area contributed by atoms with E-state index in [4.69, 9.17) is 11.6 Å². The maximum Gasteiger partial charge on any atom is 0.128 e. The fourth-order valence-corrected chi connectivity index (χ4v) is 3.48. The summed E-state index contributed by atoms with van der Waals surface area (Å²) in [5.74, 6) is -0.269. The third-order valence-corrected chi connectivity index (χ3v) is 5.01. The Labute approximate surface area is 167 Å². The molecule has 2 heterocycles. The number of rotatable bonds is 5. The van der Waals surface area contributed by atoms with Gasteiger partial charge in [0, 0.05) is 35.1 Å². The van der Waals surface area contributed by atoms with Gasteiger partial charge in [0.05, 0.1) is 22.3 Å². The Kier molecular flexibility index (Phi) is 5.17. The van der Waals surface area contributed by atoms with Crippen LogP contribution in [-0.4, -0.2) is 15.0 Å². The van der Waals surface area contributed by atoms with Crippen molar-refractivity contribution in [1.82, 2.24) is 15.0 Å². The zero-order valence-corrected chi connectivity index (χ0v) is 16.0. The fourth-order valence-electron chi connectivity index (χ4n) is 3.28. The number of nitrogens with zero attached hydrogens (tertiary/aromatic N) is 3. The van der Waals surface area contributed by atoms with Crippen LogP contribution in [0.25, 0.3) is 22.0 Å². The van der Waals surface area contributed by atoms with Crippen LogP contribution in [0.4, 0.5) is 10.1 Å². The lowest BCUT2D eigenvalue weighted by atomic mass is 9.98. The molecular formula is C22H18ClFN4. The molecule has 0 radical (unpaired) electrons. The van der Waals surface area contributed by atoms with Gasteiger partial charge in [-0.1, -0.05) is 42.8 Å². The Morgan fingerprint density at radius 2 is 1.82 bits per heavy atom. The van der Waals surface area contributed by atoms with Gasteiger partial charge in [0.1, 0.15) is 12.1 Å². The Morgan fingerprint density at radius 3 is 2.61 bits per heavy atom. The lowest BCUT2D eigenvalue weighted by Crippen LogP contribution is -2.12. The molecule has 4 rings (SSSR count). The second-order valence-corrected chi connectivity index (χ2v) is 6.87. The summed E-state index contributed by atoms with van der Waals surface area (Å²) in [7, 11) is 0. The number of aromatic nitrogens is 3. The van der Waals surface area contributed by atoms with E-state index in [9.17, 15) is 4.39 Å². The zero-order valence-electron chi connectivity index (χ0n) is 15.2. The molecule has 28 heavy (non-hydrogen) atoms. The molecule has 2 aromatic heterocycles. The van der Waals surface area contributed by atoms with Gasteiger partial charge in [0.25, 0.3) is 0 Å². The van der Waals surface area contributed by atoms with Gasteiger partial charge in [0.15, 0.2) is 0 Å². The first-order valence-corrected chi connectivity index (χ1v) is 9.39. The van der Waals surface area contributed by atoms with Crippen LogP contribution in [0.3, 0.4) is 0 Å². The first-order valence-electron chi connectivity index (χ1n) is 9.02. The number of halogens is 2. The van der Waals surface area contributed by atoms with Crippen molar-refractivity contribution in [3.63, 3.8) is 0 Å². The number of benzene rings is 2. The molecule has 0 aliphatic rings. The van der Waals surface area contributed by atoms with E-state index in [0.717, 1.165) is 27.7 Å². The summed E-state index contributed by atoms with van der Waals surface area (Å²) in [6, 6.07) is 12.5. The van der Waals surface area contributed by atoms with Gasteiger partial charge in [0.2, 0.25) is 0 Å². The second kappa shape index (κ2) is 7.90. The molecule has 2 aromatic carbocycles. The van der Waals surface area contributed by atoms with Crippen LogP contribution >= 0.6 is 11.6 Å². The van der Waals surface area contributed by atoms with Gasteiger partial charge in [-0.05, 0) is 30.2 Å². The van der Waals surface area contributed by atoms with Crippen LogP contribution in [-0.2, 0) is 0 Å². The first kappa shape index (κ1) is 18.3. The summed E-state index contributed by atoms with van der Waals surface area (Å²) in [6.07, 6.45) is 7.20. The lowest BCUT2D eigenvalue weighted by molar-refractivity contribution is 0.588. The van der Waals surface area contributed by atoms with E-state index < -0.39 is 0 Å². The van der Waals surface area contributed by atoms with E-state index in [0.29, 0.717) is 17.0 Å². The minimum Gasteiger partial charge on any atom is -0.376 e. The summed E-state index contributed by atoms with van der Waals surface area (Å²) < 4.78 is 14.7. The average molecular weight is 393 g/mol. The molecule has 1 N–H and O–H groups in total. The van der Waals surface area contributed by atoms with Crippen molar-refractivity contribution >= 4 is 28.2 Å². The minimum atomic E-state index is -0.269. The minimum absolute atomic E-state index is 0.257. The van der Waals surface area contributed by atoms with E-state index in [1.165, 1.54) is 12.4 Å². The number of hydrogen-bond acceptors (Lipinski definition) is 4. The lowest BCUT2D eigenvalue weighted by Gasteiger charge is -2.22. The highest BCUT2D eigenvalue weighted by atomic mass is 35.5. The molecule has 4 aromatic rings. The SMILES string of the molecule is CC[C@@H](Nc1c(Cl)cnc2ccccc12)c1cc(-c2cncnc2)ccc1F. The van der Waals surface area contributed by atoms with Crippen molar-refractivity contribution in [3.8, 4) is 11.1 Å². The first-order chi connectivity index (χ1) is 13.7. The molecule has 140 valence electrons. The molecule has 0 unspecified atom stereocenters. The van der Waals surface area contributed by atoms with Crippen molar-refractivity contribution in [2.45, 2.75) is 19.4 Å². The molecule has 0 saturated carbocycles. The zero-order chi connectivity index (χ0) is 19.5. The number of anilines is 1. The van der Waals surface area contributed by atoms with Crippen molar-refractivity contribution < 1.29 is 4.39 Å². The van der Waals surface area contributed by atoms with Crippen LogP contribution < -0.4 is 5.32 Å². The maximum atomic E-state index is 14.7. The molecule has 0 aliphatic heterocycles. The van der Waals surface area contributed by atoms with Crippen molar-refractivity contribution in [2.24, 2.45) is 0 Å². The second-order valence-electron chi connectivity index (χ2n) is 6.47. The largest absolute Gasteiger partial charge is 0.376 e. The molecule has 0 saturated heterocycles. The monoisotopic (exact) mass is 392 g/mol. The van der Waals surface area contributed by atoms with Gasteiger partial charge >= 0.3 is 0 Å². The average Bonchev–Trinajstić information content (AvgIpc) is 2.74. The number of hydrogen-bond donors (Lipinski definition) is 1. The predicted octanol–water partition coefficient (Wildman–Crippen LogP) is 6.05. The highest BCUT2D eigenvalue weighted by Gasteiger charge is 2.18. The molecule has 0 aliphatic carbocycles. The van der Waals surface area contributed by atoms with Crippen LogP contribution in [0.15, 0.2) is 67.4 Å². The molecular weight excluding hydrogens is 375 g/mol. The summed E-state index contributed by atoms with van der Waals surface area (Å²) >= 11 is 6.42. The normalized spacial score (nSPS) is 12.1. The number of para-hydroxylation sites is 1. The summed E-state index contributed by atoms with van der Waals surface area (Å²) in [4.78, 5) is 12.5. The molecule has 6 heteroatoms. The van der Waals surface area contributed by atoms with E-state index in [-0.39, 0.29) is 11.9 Å².